The Labute approximate surface area is 161 Å². The van der Waals surface area contributed by atoms with Gasteiger partial charge in [0, 0.05) is 16.7 Å². The third-order valence-electron chi connectivity index (χ3n) is 3.35. The molecule has 0 bridgehead atoms. The molecular formula is C19H20ClNO6. The summed E-state index contributed by atoms with van der Waals surface area (Å²) in [6.07, 6.45) is 0. The first-order valence-electron chi connectivity index (χ1n) is 8.29. The number of benzene rings is 2. The van der Waals surface area contributed by atoms with Gasteiger partial charge >= 0.3 is 5.97 Å². The molecule has 0 heterocycles. The summed E-state index contributed by atoms with van der Waals surface area (Å²) in [4.78, 5) is 23.3. The lowest BCUT2D eigenvalue weighted by Crippen LogP contribution is -2.14. The number of rotatable bonds is 9. The number of halogens is 1. The third kappa shape index (κ3) is 5.79. The monoisotopic (exact) mass is 393 g/mol. The molecule has 0 atom stereocenters. The summed E-state index contributed by atoms with van der Waals surface area (Å²) >= 11 is 5.97. The molecule has 0 aliphatic carbocycles. The van der Waals surface area contributed by atoms with Crippen molar-refractivity contribution in [2.75, 3.05) is 25.1 Å². The summed E-state index contributed by atoms with van der Waals surface area (Å²) in [5, 5.41) is 12.0. The van der Waals surface area contributed by atoms with Crippen LogP contribution in [-0.2, 0) is 4.79 Å². The van der Waals surface area contributed by atoms with Gasteiger partial charge in [-0.05, 0) is 44.2 Å². The molecule has 0 aliphatic rings. The molecular weight excluding hydrogens is 374 g/mol. The van der Waals surface area contributed by atoms with E-state index in [0.29, 0.717) is 35.2 Å². The van der Waals surface area contributed by atoms with Crippen LogP contribution in [0.4, 0.5) is 5.69 Å². The van der Waals surface area contributed by atoms with Gasteiger partial charge < -0.3 is 24.6 Å². The van der Waals surface area contributed by atoms with Gasteiger partial charge in [-0.25, -0.2) is 4.79 Å². The highest BCUT2D eigenvalue weighted by Gasteiger charge is 2.15. The fourth-order valence-electron chi connectivity index (χ4n) is 2.25. The van der Waals surface area contributed by atoms with Crippen LogP contribution in [0.1, 0.15) is 24.2 Å². The topological polar surface area (TPSA) is 94.1 Å². The number of ether oxygens (including phenoxy) is 3. The highest BCUT2D eigenvalue weighted by Crippen LogP contribution is 2.31. The molecule has 144 valence electrons. The zero-order valence-corrected chi connectivity index (χ0v) is 15.7. The Kier molecular flexibility index (Phi) is 7.31. The van der Waals surface area contributed by atoms with Gasteiger partial charge in [-0.3, -0.25) is 4.79 Å². The first-order valence-corrected chi connectivity index (χ1v) is 8.67. The summed E-state index contributed by atoms with van der Waals surface area (Å²) in [6.45, 7) is 3.86. The lowest BCUT2D eigenvalue weighted by atomic mass is 10.1. The average Bonchev–Trinajstić information content (AvgIpc) is 2.63. The van der Waals surface area contributed by atoms with E-state index in [9.17, 15) is 9.59 Å². The molecule has 2 N–H and O–H groups in total. The van der Waals surface area contributed by atoms with Gasteiger partial charge in [0.05, 0.1) is 18.9 Å². The van der Waals surface area contributed by atoms with Crippen molar-refractivity contribution in [1.82, 2.24) is 0 Å². The Bertz CT molecular complexity index is 824. The van der Waals surface area contributed by atoms with Gasteiger partial charge in [-0.2, -0.15) is 0 Å². The molecule has 0 aromatic heterocycles. The SMILES string of the molecule is CCOc1cc(Cl)ccc1NC(=O)c1ccc(OCC(=O)O)c(OCC)c1. The molecule has 0 unspecified atom stereocenters. The minimum absolute atomic E-state index is 0.247. The maximum atomic E-state index is 12.6. The summed E-state index contributed by atoms with van der Waals surface area (Å²) in [5.74, 6) is -0.496. The molecule has 0 saturated heterocycles. The Balaban J connectivity index is 2.23. The number of carbonyl (C=O) groups excluding carboxylic acids is 1. The van der Waals surface area contributed by atoms with Crippen molar-refractivity contribution in [1.29, 1.82) is 0 Å². The van der Waals surface area contributed by atoms with Crippen LogP contribution in [0.5, 0.6) is 17.2 Å². The second-order valence-corrected chi connectivity index (χ2v) is 5.74. The zero-order valence-electron chi connectivity index (χ0n) is 15.0. The van der Waals surface area contributed by atoms with Gasteiger partial charge in [0.25, 0.3) is 5.91 Å². The number of amides is 1. The standard InChI is InChI=1S/C19H20ClNO6/c1-3-25-16-10-13(20)6-7-14(16)21-19(24)12-5-8-15(27-11-18(22)23)17(9-12)26-4-2/h5-10H,3-4,11H2,1-2H3,(H,21,24)(H,22,23). The molecule has 0 spiro atoms. The van der Waals surface area contributed by atoms with E-state index in [4.69, 9.17) is 30.9 Å². The van der Waals surface area contributed by atoms with Crippen molar-refractivity contribution < 1.29 is 28.9 Å². The van der Waals surface area contributed by atoms with E-state index in [1.807, 2.05) is 6.92 Å². The van der Waals surface area contributed by atoms with Gasteiger partial charge in [0.15, 0.2) is 18.1 Å². The Hall–Kier alpha value is -2.93. The molecule has 0 fully saturated rings. The van der Waals surface area contributed by atoms with Gasteiger partial charge in [-0.1, -0.05) is 11.6 Å². The predicted octanol–water partition coefficient (Wildman–Crippen LogP) is 3.85. The molecule has 8 heteroatoms. The molecule has 7 nitrogen and oxygen atoms in total. The van der Waals surface area contributed by atoms with Crippen LogP contribution in [0, 0.1) is 0 Å². The van der Waals surface area contributed by atoms with E-state index >= 15 is 0 Å². The Morgan fingerprint density at radius 3 is 2.33 bits per heavy atom. The average molecular weight is 394 g/mol. The van der Waals surface area contributed by atoms with Crippen molar-refractivity contribution in [2.45, 2.75) is 13.8 Å². The van der Waals surface area contributed by atoms with E-state index in [-0.39, 0.29) is 17.4 Å². The first kappa shape index (κ1) is 20.4. The van der Waals surface area contributed by atoms with Crippen LogP contribution >= 0.6 is 11.6 Å². The highest BCUT2D eigenvalue weighted by molar-refractivity contribution is 6.30. The molecule has 2 aromatic carbocycles. The Morgan fingerprint density at radius 1 is 0.963 bits per heavy atom. The summed E-state index contributed by atoms with van der Waals surface area (Å²) in [5.41, 5.74) is 0.800. The third-order valence-corrected chi connectivity index (χ3v) is 3.58. The van der Waals surface area contributed by atoms with Crippen molar-refractivity contribution in [3.05, 3.63) is 47.0 Å². The number of carboxylic acids is 1. The van der Waals surface area contributed by atoms with Crippen molar-refractivity contribution in [2.24, 2.45) is 0 Å². The molecule has 0 aliphatic heterocycles. The molecule has 1 amide bonds. The maximum absolute atomic E-state index is 12.6. The normalized spacial score (nSPS) is 10.2. The van der Waals surface area contributed by atoms with Crippen molar-refractivity contribution >= 4 is 29.2 Å². The number of nitrogens with one attached hydrogen (secondary N) is 1. The van der Waals surface area contributed by atoms with Crippen LogP contribution in [0.3, 0.4) is 0 Å². The lowest BCUT2D eigenvalue weighted by molar-refractivity contribution is -0.139. The largest absolute Gasteiger partial charge is 0.492 e. The molecule has 27 heavy (non-hydrogen) atoms. The second kappa shape index (κ2) is 9.68. The molecule has 2 aromatic rings. The number of carboxylic acid groups (broad SMARTS) is 1. The minimum atomic E-state index is -1.11. The van der Waals surface area contributed by atoms with Crippen LogP contribution < -0.4 is 19.5 Å². The van der Waals surface area contributed by atoms with E-state index in [0.717, 1.165) is 0 Å². The number of anilines is 1. The summed E-state index contributed by atoms with van der Waals surface area (Å²) in [7, 11) is 0. The van der Waals surface area contributed by atoms with Gasteiger partial charge in [0.2, 0.25) is 0 Å². The smallest absolute Gasteiger partial charge is 0.341 e. The number of hydrogen-bond acceptors (Lipinski definition) is 5. The zero-order chi connectivity index (χ0) is 19.8. The van der Waals surface area contributed by atoms with E-state index in [1.54, 1.807) is 25.1 Å². The number of hydrogen-bond donors (Lipinski definition) is 2. The van der Waals surface area contributed by atoms with Crippen LogP contribution in [0.15, 0.2) is 36.4 Å². The molecule has 2 rings (SSSR count). The van der Waals surface area contributed by atoms with Crippen LogP contribution in [0.2, 0.25) is 5.02 Å². The van der Waals surface area contributed by atoms with Crippen LogP contribution in [0.25, 0.3) is 0 Å². The van der Waals surface area contributed by atoms with E-state index in [1.165, 1.54) is 18.2 Å². The number of aliphatic carboxylic acids is 1. The highest BCUT2D eigenvalue weighted by atomic mass is 35.5. The lowest BCUT2D eigenvalue weighted by Gasteiger charge is -2.14. The van der Waals surface area contributed by atoms with Crippen molar-refractivity contribution in [3.8, 4) is 17.2 Å². The quantitative estimate of drug-likeness (QED) is 0.672. The van der Waals surface area contributed by atoms with E-state index < -0.39 is 12.6 Å². The first-order chi connectivity index (χ1) is 12.9. The van der Waals surface area contributed by atoms with Gasteiger partial charge in [0.1, 0.15) is 5.75 Å². The molecule has 0 saturated carbocycles. The number of carbonyl (C=O) groups is 2. The fraction of sp³-hybridized carbons (Fsp3) is 0.263. The summed E-state index contributed by atoms with van der Waals surface area (Å²) in [6, 6.07) is 9.42. The van der Waals surface area contributed by atoms with E-state index in [2.05, 4.69) is 5.32 Å². The fourth-order valence-corrected chi connectivity index (χ4v) is 2.41. The Morgan fingerprint density at radius 2 is 1.67 bits per heavy atom. The predicted molar refractivity (Wildman–Crippen MR) is 101 cm³/mol. The summed E-state index contributed by atoms with van der Waals surface area (Å²) < 4.78 is 16.1. The van der Waals surface area contributed by atoms with Crippen molar-refractivity contribution in [3.63, 3.8) is 0 Å². The van der Waals surface area contributed by atoms with Gasteiger partial charge in [-0.15, -0.1) is 0 Å². The molecule has 0 radical (unpaired) electrons. The maximum Gasteiger partial charge on any atom is 0.341 e. The second-order valence-electron chi connectivity index (χ2n) is 5.30. The minimum Gasteiger partial charge on any atom is -0.492 e. The van der Waals surface area contributed by atoms with Crippen LogP contribution in [-0.4, -0.2) is 36.8 Å².